The highest BCUT2D eigenvalue weighted by Crippen LogP contribution is 2.46. The summed E-state index contributed by atoms with van der Waals surface area (Å²) in [6, 6.07) is 16.0. The van der Waals surface area contributed by atoms with Gasteiger partial charge in [0.2, 0.25) is 0 Å². The average molecular weight is 306 g/mol. The summed E-state index contributed by atoms with van der Waals surface area (Å²) in [5.41, 5.74) is 2.76. The van der Waals surface area contributed by atoms with Crippen molar-refractivity contribution in [1.82, 2.24) is 0 Å². The lowest BCUT2D eigenvalue weighted by molar-refractivity contribution is -0.900. The molecule has 1 heterocycles. The van der Waals surface area contributed by atoms with Crippen molar-refractivity contribution in [2.75, 3.05) is 32.8 Å². The molecule has 0 saturated carbocycles. The van der Waals surface area contributed by atoms with Gasteiger partial charge in [-0.15, -0.1) is 0 Å². The van der Waals surface area contributed by atoms with Crippen LogP contribution in [0.15, 0.2) is 48.5 Å². The second kappa shape index (κ2) is 5.82. The molecule has 1 saturated heterocycles. The fourth-order valence-corrected chi connectivity index (χ4v) is 3.48. The summed E-state index contributed by atoms with van der Waals surface area (Å²) < 4.78 is 5.37. The van der Waals surface area contributed by atoms with Gasteiger partial charge in [0.1, 0.15) is 19.6 Å². The van der Waals surface area contributed by atoms with Crippen LogP contribution in [0.5, 0.6) is 0 Å². The standard InChI is InChI=1S/C20H19NO2/c22-20(10-5-11-21-12-14-23-15-13-21)18-8-3-1-6-16(18)17-7-2-4-9-19(17)20/h1-4,6-9,22H,11-15H2/p+1. The summed E-state index contributed by atoms with van der Waals surface area (Å²) in [4.78, 5) is 1.42. The molecular formula is C20H20NO2+. The van der Waals surface area contributed by atoms with Crippen LogP contribution in [0, 0.1) is 11.8 Å². The van der Waals surface area contributed by atoms with Gasteiger partial charge in [0, 0.05) is 11.1 Å². The number of fused-ring (bicyclic) bond motifs is 3. The van der Waals surface area contributed by atoms with Crippen LogP contribution in [0.1, 0.15) is 11.1 Å². The molecule has 0 unspecified atom stereocenters. The molecule has 2 aromatic carbocycles. The average Bonchev–Trinajstić information content (AvgIpc) is 2.86. The Morgan fingerprint density at radius 1 is 0.957 bits per heavy atom. The molecule has 4 rings (SSSR count). The topological polar surface area (TPSA) is 33.9 Å². The molecule has 3 heteroatoms. The smallest absolute Gasteiger partial charge is 0.178 e. The molecule has 3 nitrogen and oxygen atoms in total. The molecule has 1 aliphatic heterocycles. The monoisotopic (exact) mass is 306 g/mol. The molecule has 23 heavy (non-hydrogen) atoms. The van der Waals surface area contributed by atoms with Gasteiger partial charge in [-0.05, 0) is 17.0 Å². The normalized spacial score (nSPS) is 18.7. The van der Waals surface area contributed by atoms with Crippen molar-refractivity contribution in [2.24, 2.45) is 0 Å². The SMILES string of the molecule is OC1(C#CC[NH+]2CCOCC2)c2ccccc2-c2ccccc21. The van der Waals surface area contributed by atoms with Crippen molar-refractivity contribution in [3.8, 4) is 23.0 Å². The lowest BCUT2D eigenvalue weighted by atomic mass is 9.92. The van der Waals surface area contributed by atoms with Crippen molar-refractivity contribution in [2.45, 2.75) is 5.60 Å². The third kappa shape index (κ3) is 2.46. The van der Waals surface area contributed by atoms with Gasteiger partial charge in [-0.3, -0.25) is 0 Å². The Balaban J connectivity index is 1.69. The number of hydrogen-bond acceptors (Lipinski definition) is 2. The molecule has 0 bridgehead atoms. The minimum Gasteiger partial charge on any atom is -0.370 e. The summed E-state index contributed by atoms with van der Waals surface area (Å²) in [7, 11) is 0. The zero-order chi connectivity index (χ0) is 15.7. The lowest BCUT2D eigenvalue weighted by Crippen LogP contribution is -3.14. The third-order valence-electron chi connectivity index (χ3n) is 4.73. The molecule has 1 aliphatic carbocycles. The minimum absolute atomic E-state index is 0.746. The van der Waals surface area contributed by atoms with Crippen LogP contribution in [-0.4, -0.2) is 38.0 Å². The first-order valence-corrected chi connectivity index (χ1v) is 8.12. The van der Waals surface area contributed by atoms with Gasteiger partial charge in [0.15, 0.2) is 5.60 Å². The minimum atomic E-state index is -1.20. The highest BCUT2D eigenvalue weighted by atomic mass is 16.5. The predicted octanol–water partition coefficient (Wildman–Crippen LogP) is 0.821. The fraction of sp³-hybridized carbons (Fsp3) is 0.300. The Bertz CT molecular complexity index is 736. The van der Waals surface area contributed by atoms with Crippen LogP contribution in [0.25, 0.3) is 11.1 Å². The van der Waals surface area contributed by atoms with E-state index in [1.807, 2.05) is 36.4 Å². The number of quaternary nitrogens is 1. The summed E-state index contributed by atoms with van der Waals surface area (Å²) in [6.45, 7) is 4.32. The highest BCUT2D eigenvalue weighted by molar-refractivity contribution is 5.81. The first-order valence-electron chi connectivity index (χ1n) is 8.12. The number of nitrogens with one attached hydrogen (secondary N) is 1. The maximum atomic E-state index is 11.3. The largest absolute Gasteiger partial charge is 0.370 e. The van der Waals surface area contributed by atoms with Crippen LogP contribution in [0.3, 0.4) is 0 Å². The molecular weight excluding hydrogens is 286 g/mol. The van der Waals surface area contributed by atoms with Gasteiger partial charge in [0.25, 0.3) is 0 Å². The maximum absolute atomic E-state index is 11.3. The number of morpholine rings is 1. The Kier molecular flexibility index (Phi) is 3.66. The van der Waals surface area contributed by atoms with E-state index in [-0.39, 0.29) is 0 Å². The van der Waals surface area contributed by atoms with Crippen molar-refractivity contribution in [1.29, 1.82) is 0 Å². The summed E-state index contributed by atoms with van der Waals surface area (Å²) >= 11 is 0. The number of ether oxygens (including phenoxy) is 1. The Morgan fingerprint density at radius 2 is 1.52 bits per heavy atom. The van der Waals surface area contributed by atoms with E-state index >= 15 is 0 Å². The van der Waals surface area contributed by atoms with Crippen LogP contribution in [0.4, 0.5) is 0 Å². The number of rotatable bonds is 1. The van der Waals surface area contributed by atoms with Gasteiger partial charge in [-0.1, -0.05) is 54.5 Å². The molecule has 116 valence electrons. The quantitative estimate of drug-likeness (QED) is 0.765. The Hall–Kier alpha value is -2.12. The van der Waals surface area contributed by atoms with E-state index in [1.54, 1.807) is 0 Å². The zero-order valence-corrected chi connectivity index (χ0v) is 13.0. The van der Waals surface area contributed by atoms with Gasteiger partial charge < -0.3 is 14.7 Å². The molecule has 0 aromatic heterocycles. The van der Waals surface area contributed by atoms with E-state index < -0.39 is 5.60 Å². The van der Waals surface area contributed by atoms with Gasteiger partial charge in [-0.25, -0.2) is 0 Å². The van der Waals surface area contributed by atoms with Crippen molar-refractivity contribution in [3.63, 3.8) is 0 Å². The fourth-order valence-electron chi connectivity index (χ4n) is 3.48. The van der Waals surface area contributed by atoms with Gasteiger partial charge in [0.05, 0.1) is 13.2 Å². The Morgan fingerprint density at radius 3 is 2.13 bits per heavy atom. The summed E-state index contributed by atoms with van der Waals surface area (Å²) in [5.74, 6) is 6.39. The number of hydrogen-bond donors (Lipinski definition) is 2. The molecule has 2 aromatic rings. The zero-order valence-electron chi connectivity index (χ0n) is 13.0. The second-order valence-electron chi connectivity index (χ2n) is 6.14. The van der Waals surface area contributed by atoms with E-state index in [4.69, 9.17) is 4.74 Å². The van der Waals surface area contributed by atoms with E-state index in [2.05, 4.69) is 24.0 Å². The van der Waals surface area contributed by atoms with Crippen molar-refractivity contribution < 1.29 is 14.7 Å². The van der Waals surface area contributed by atoms with E-state index in [1.165, 1.54) is 4.90 Å². The molecule has 0 atom stereocenters. The molecule has 0 radical (unpaired) electrons. The molecule has 1 fully saturated rings. The Labute approximate surface area is 136 Å². The van der Waals surface area contributed by atoms with Crippen LogP contribution >= 0.6 is 0 Å². The third-order valence-corrected chi connectivity index (χ3v) is 4.73. The maximum Gasteiger partial charge on any atom is 0.178 e. The highest BCUT2D eigenvalue weighted by Gasteiger charge is 2.39. The van der Waals surface area contributed by atoms with Crippen molar-refractivity contribution >= 4 is 0 Å². The van der Waals surface area contributed by atoms with Gasteiger partial charge >= 0.3 is 0 Å². The molecule has 2 N–H and O–H groups in total. The van der Waals surface area contributed by atoms with Crippen LogP contribution in [0.2, 0.25) is 0 Å². The first-order chi connectivity index (χ1) is 11.3. The molecule has 0 spiro atoms. The summed E-state index contributed by atoms with van der Waals surface area (Å²) in [6.07, 6.45) is 0. The van der Waals surface area contributed by atoms with Gasteiger partial charge in [-0.2, -0.15) is 0 Å². The van der Waals surface area contributed by atoms with E-state index in [9.17, 15) is 5.11 Å². The van der Waals surface area contributed by atoms with E-state index in [0.29, 0.717) is 0 Å². The number of aliphatic hydroxyl groups is 1. The van der Waals surface area contributed by atoms with E-state index in [0.717, 1.165) is 55.1 Å². The summed E-state index contributed by atoms with van der Waals surface area (Å²) in [5, 5.41) is 11.3. The molecule has 0 amide bonds. The first kappa shape index (κ1) is 14.5. The van der Waals surface area contributed by atoms with Crippen LogP contribution in [-0.2, 0) is 10.3 Å². The van der Waals surface area contributed by atoms with Crippen molar-refractivity contribution in [3.05, 3.63) is 59.7 Å². The lowest BCUT2D eigenvalue weighted by Gasteiger charge is -2.22. The second-order valence-corrected chi connectivity index (χ2v) is 6.14. The van der Waals surface area contributed by atoms with Crippen LogP contribution < -0.4 is 4.90 Å². The molecule has 2 aliphatic rings. The number of benzene rings is 2. The predicted molar refractivity (Wildman–Crippen MR) is 89.0 cm³/mol.